The molecule has 2 fully saturated rings. The first-order chi connectivity index (χ1) is 9.65. The van der Waals surface area contributed by atoms with Crippen LogP contribution in [0, 0.1) is 0 Å². The number of hydrogen-bond acceptors (Lipinski definition) is 3. The van der Waals surface area contributed by atoms with E-state index in [-0.39, 0.29) is 0 Å². The molecule has 110 valence electrons. The van der Waals surface area contributed by atoms with Crippen molar-refractivity contribution in [2.75, 3.05) is 31.1 Å². The van der Waals surface area contributed by atoms with E-state index >= 15 is 0 Å². The number of aliphatic hydroxyl groups excluding tert-OH is 1. The normalized spacial score (nSPS) is 25.4. The lowest BCUT2D eigenvalue weighted by atomic mass is 10.1. The van der Waals surface area contributed by atoms with Gasteiger partial charge in [-0.2, -0.15) is 0 Å². The summed E-state index contributed by atoms with van der Waals surface area (Å²) in [5, 5.41) is 9.72. The van der Waals surface area contributed by atoms with Crippen LogP contribution in [0.2, 0.25) is 0 Å². The maximum Gasteiger partial charge on any atom is 0.0772 e. The summed E-state index contributed by atoms with van der Waals surface area (Å²) in [6.07, 6.45) is 3.51. The lowest BCUT2D eigenvalue weighted by Gasteiger charge is -2.28. The second-order valence-electron chi connectivity index (χ2n) is 6.01. The number of halogens is 1. The van der Waals surface area contributed by atoms with E-state index in [9.17, 15) is 5.11 Å². The predicted molar refractivity (Wildman–Crippen MR) is 86.2 cm³/mol. The maximum atomic E-state index is 9.72. The second-order valence-corrected chi connectivity index (χ2v) is 6.87. The maximum absolute atomic E-state index is 9.72. The molecule has 1 unspecified atom stereocenters. The Kier molecular flexibility index (Phi) is 4.34. The van der Waals surface area contributed by atoms with Crippen LogP contribution in [0.3, 0.4) is 0 Å². The molecule has 4 heteroatoms. The van der Waals surface area contributed by atoms with E-state index in [1.54, 1.807) is 0 Å². The standard InChI is InChI=1S/C16H23BrN2O/c1-12(20)15-6-5-13(10-16(15)17)19-9-3-8-18-7-2-4-14(18)11-19/h5-6,10,12,14,20H,2-4,7-9,11H2,1H3/t12-,14?/m1/s1. The van der Waals surface area contributed by atoms with Gasteiger partial charge in [0.25, 0.3) is 0 Å². The molecule has 3 nitrogen and oxygen atoms in total. The smallest absolute Gasteiger partial charge is 0.0772 e. The van der Waals surface area contributed by atoms with Crippen molar-refractivity contribution in [3.05, 3.63) is 28.2 Å². The molecule has 1 N–H and O–H groups in total. The molecule has 0 bridgehead atoms. The third-order valence-electron chi connectivity index (χ3n) is 4.60. The molecule has 0 aromatic heterocycles. The van der Waals surface area contributed by atoms with Crippen molar-refractivity contribution in [2.24, 2.45) is 0 Å². The zero-order valence-electron chi connectivity index (χ0n) is 12.1. The minimum Gasteiger partial charge on any atom is -0.389 e. The fourth-order valence-electron chi connectivity index (χ4n) is 3.49. The molecule has 2 heterocycles. The summed E-state index contributed by atoms with van der Waals surface area (Å²) in [6.45, 7) is 6.60. The van der Waals surface area contributed by atoms with Gasteiger partial charge in [-0.1, -0.05) is 22.0 Å². The Morgan fingerprint density at radius 2 is 2.05 bits per heavy atom. The number of aliphatic hydroxyl groups is 1. The summed E-state index contributed by atoms with van der Waals surface area (Å²) < 4.78 is 1.01. The molecule has 0 radical (unpaired) electrons. The third kappa shape index (κ3) is 2.87. The van der Waals surface area contributed by atoms with Gasteiger partial charge in [0, 0.05) is 35.8 Å². The highest BCUT2D eigenvalue weighted by atomic mass is 79.9. The van der Waals surface area contributed by atoms with Crippen molar-refractivity contribution >= 4 is 21.6 Å². The van der Waals surface area contributed by atoms with Gasteiger partial charge in [-0.25, -0.2) is 0 Å². The van der Waals surface area contributed by atoms with Crippen LogP contribution in [0.1, 0.15) is 37.9 Å². The number of hydrogen-bond donors (Lipinski definition) is 1. The van der Waals surface area contributed by atoms with Gasteiger partial charge >= 0.3 is 0 Å². The van der Waals surface area contributed by atoms with Gasteiger partial charge in [0.1, 0.15) is 0 Å². The highest BCUT2D eigenvalue weighted by molar-refractivity contribution is 9.10. The Labute approximate surface area is 129 Å². The summed E-state index contributed by atoms with van der Waals surface area (Å²) in [5.74, 6) is 0. The lowest BCUT2D eigenvalue weighted by molar-refractivity contribution is 0.198. The van der Waals surface area contributed by atoms with Crippen molar-refractivity contribution in [1.82, 2.24) is 4.90 Å². The molecule has 0 amide bonds. The summed E-state index contributed by atoms with van der Waals surface area (Å²) in [6, 6.07) is 7.08. The Morgan fingerprint density at radius 3 is 2.80 bits per heavy atom. The fourth-order valence-corrected chi connectivity index (χ4v) is 4.19. The first-order valence-electron chi connectivity index (χ1n) is 7.61. The second kappa shape index (κ2) is 6.04. The van der Waals surface area contributed by atoms with E-state index in [0.717, 1.165) is 29.2 Å². The van der Waals surface area contributed by atoms with Crippen LogP contribution in [0.25, 0.3) is 0 Å². The molecule has 1 aromatic rings. The molecule has 0 saturated carbocycles. The number of anilines is 1. The van der Waals surface area contributed by atoms with Crippen molar-refractivity contribution in [3.63, 3.8) is 0 Å². The predicted octanol–water partition coefficient (Wildman–Crippen LogP) is 3.18. The average molecular weight is 339 g/mol. The van der Waals surface area contributed by atoms with Crippen LogP contribution in [0.4, 0.5) is 5.69 Å². The summed E-state index contributed by atoms with van der Waals surface area (Å²) in [5.41, 5.74) is 2.24. The van der Waals surface area contributed by atoms with Gasteiger partial charge in [-0.15, -0.1) is 0 Å². The number of rotatable bonds is 2. The summed E-state index contributed by atoms with van der Waals surface area (Å²) >= 11 is 3.59. The van der Waals surface area contributed by atoms with Gasteiger partial charge in [-0.05, 0) is 50.4 Å². The quantitative estimate of drug-likeness (QED) is 0.897. The Balaban J connectivity index is 1.79. The highest BCUT2D eigenvalue weighted by Gasteiger charge is 2.28. The minimum atomic E-state index is -0.423. The zero-order chi connectivity index (χ0) is 14.1. The van der Waals surface area contributed by atoms with E-state index in [0.29, 0.717) is 0 Å². The molecule has 2 aliphatic heterocycles. The highest BCUT2D eigenvalue weighted by Crippen LogP contribution is 2.30. The molecule has 3 rings (SSSR count). The monoisotopic (exact) mass is 338 g/mol. The van der Waals surface area contributed by atoms with Crippen molar-refractivity contribution in [2.45, 2.75) is 38.3 Å². The van der Waals surface area contributed by atoms with Gasteiger partial charge in [-0.3, -0.25) is 4.90 Å². The van der Waals surface area contributed by atoms with Gasteiger partial charge in [0.15, 0.2) is 0 Å². The van der Waals surface area contributed by atoms with Crippen LogP contribution in [0.15, 0.2) is 22.7 Å². The SMILES string of the molecule is C[C@@H](O)c1ccc(N2CCCN3CCCC3C2)cc1Br. The summed E-state index contributed by atoms with van der Waals surface area (Å²) in [4.78, 5) is 5.16. The molecule has 2 saturated heterocycles. The van der Waals surface area contributed by atoms with E-state index in [1.165, 1.54) is 38.0 Å². The van der Waals surface area contributed by atoms with E-state index < -0.39 is 6.10 Å². The molecule has 1 aromatic carbocycles. The molecule has 0 aliphatic carbocycles. The fraction of sp³-hybridized carbons (Fsp3) is 0.625. The van der Waals surface area contributed by atoms with Crippen molar-refractivity contribution in [1.29, 1.82) is 0 Å². The number of fused-ring (bicyclic) bond motifs is 1. The largest absolute Gasteiger partial charge is 0.389 e. The molecule has 0 spiro atoms. The number of benzene rings is 1. The van der Waals surface area contributed by atoms with Crippen LogP contribution < -0.4 is 4.90 Å². The molecular formula is C16H23BrN2O. The van der Waals surface area contributed by atoms with E-state index in [2.05, 4.69) is 37.9 Å². The zero-order valence-corrected chi connectivity index (χ0v) is 13.6. The molecule has 20 heavy (non-hydrogen) atoms. The van der Waals surface area contributed by atoms with Gasteiger partial charge < -0.3 is 10.0 Å². The Hall–Kier alpha value is -0.580. The Bertz CT molecular complexity index is 478. The van der Waals surface area contributed by atoms with E-state index in [4.69, 9.17) is 0 Å². The first-order valence-corrected chi connectivity index (χ1v) is 8.41. The van der Waals surface area contributed by atoms with E-state index in [1.807, 2.05) is 13.0 Å². The number of nitrogens with zero attached hydrogens (tertiary/aromatic N) is 2. The topological polar surface area (TPSA) is 26.7 Å². The lowest BCUT2D eigenvalue weighted by Crippen LogP contribution is -2.36. The van der Waals surface area contributed by atoms with Crippen LogP contribution in [0.5, 0.6) is 0 Å². The third-order valence-corrected chi connectivity index (χ3v) is 5.29. The van der Waals surface area contributed by atoms with Gasteiger partial charge in [0.05, 0.1) is 6.10 Å². The van der Waals surface area contributed by atoms with Crippen LogP contribution in [-0.2, 0) is 0 Å². The van der Waals surface area contributed by atoms with Crippen LogP contribution in [-0.4, -0.2) is 42.2 Å². The van der Waals surface area contributed by atoms with Crippen molar-refractivity contribution < 1.29 is 5.11 Å². The average Bonchev–Trinajstić information content (AvgIpc) is 2.75. The minimum absolute atomic E-state index is 0.423. The molecular weight excluding hydrogens is 316 g/mol. The first kappa shape index (κ1) is 14.4. The van der Waals surface area contributed by atoms with Crippen molar-refractivity contribution in [3.8, 4) is 0 Å². The molecule has 2 aliphatic rings. The molecule has 2 atom stereocenters. The van der Waals surface area contributed by atoms with Gasteiger partial charge in [0.2, 0.25) is 0 Å². The summed E-state index contributed by atoms with van der Waals surface area (Å²) in [7, 11) is 0. The van der Waals surface area contributed by atoms with Crippen LogP contribution >= 0.6 is 15.9 Å². The Morgan fingerprint density at radius 1 is 1.25 bits per heavy atom.